The summed E-state index contributed by atoms with van der Waals surface area (Å²) in [6.45, 7) is 2.11. The van der Waals surface area contributed by atoms with Crippen LogP contribution in [0.2, 0.25) is 0 Å². The van der Waals surface area contributed by atoms with Gasteiger partial charge in [-0.3, -0.25) is 0 Å². The third-order valence-corrected chi connectivity index (χ3v) is 4.56. The van der Waals surface area contributed by atoms with E-state index in [0.29, 0.717) is 0 Å². The molecule has 0 spiro atoms. The number of ether oxygens (including phenoxy) is 1. The van der Waals surface area contributed by atoms with Crippen LogP contribution in [0.25, 0.3) is 0 Å². The summed E-state index contributed by atoms with van der Waals surface area (Å²) >= 11 is 0. The van der Waals surface area contributed by atoms with Crippen LogP contribution in [-0.2, 0) is 4.74 Å². The maximum Gasteiger partial charge on any atom is 0.0462 e. The number of hydrogen-bond donors (Lipinski definition) is 1. The summed E-state index contributed by atoms with van der Waals surface area (Å²) in [6, 6.07) is 2.51. The van der Waals surface area contributed by atoms with E-state index in [1.54, 1.807) is 7.11 Å². The van der Waals surface area contributed by atoms with Crippen molar-refractivity contribution in [3.63, 3.8) is 0 Å². The zero-order valence-electron chi connectivity index (χ0n) is 11.5. The van der Waals surface area contributed by atoms with Crippen LogP contribution in [0.5, 0.6) is 0 Å². The Labute approximate surface area is 106 Å². The Morgan fingerprint density at radius 3 is 2.47 bits per heavy atom. The van der Waals surface area contributed by atoms with E-state index in [1.807, 2.05) is 0 Å². The Morgan fingerprint density at radius 1 is 1.12 bits per heavy atom. The first-order valence-corrected chi connectivity index (χ1v) is 7.25. The van der Waals surface area contributed by atoms with Gasteiger partial charge in [0, 0.05) is 31.8 Å². The highest BCUT2D eigenvalue weighted by atomic mass is 16.5. The molecule has 3 heteroatoms. The number of nitrogens with one attached hydrogen (secondary N) is 1. The van der Waals surface area contributed by atoms with Crippen LogP contribution in [0.4, 0.5) is 0 Å². The van der Waals surface area contributed by atoms with Gasteiger partial charge >= 0.3 is 0 Å². The first-order valence-electron chi connectivity index (χ1n) is 7.25. The van der Waals surface area contributed by atoms with Crippen LogP contribution in [0.3, 0.4) is 0 Å². The van der Waals surface area contributed by atoms with Crippen LogP contribution in [0.1, 0.15) is 44.9 Å². The fourth-order valence-corrected chi connectivity index (χ4v) is 3.43. The molecule has 17 heavy (non-hydrogen) atoms. The summed E-state index contributed by atoms with van der Waals surface area (Å²) in [7, 11) is 4.09. The second-order valence-electron chi connectivity index (χ2n) is 5.73. The first kappa shape index (κ1) is 13.3. The molecule has 0 aromatic heterocycles. The molecular weight excluding hydrogens is 212 g/mol. The van der Waals surface area contributed by atoms with Gasteiger partial charge in [-0.05, 0) is 58.5 Å². The van der Waals surface area contributed by atoms with Crippen molar-refractivity contribution in [2.24, 2.45) is 0 Å². The van der Waals surface area contributed by atoms with E-state index in [2.05, 4.69) is 17.3 Å². The maximum atomic E-state index is 5.06. The summed E-state index contributed by atoms with van der Waals surface area (Å²) in [4.78, 5) is 2.61. The molecule has 100 valence electrons. The molecule has 0 radical (unpaired) electrons. The van der Waals surface area contributed by atoms with Gasteiger partial charge in [0.05, 0.1) is 0 Å². The predicted octanol–water partition coefficient (Wildman–Crippen LogP) is 2.02. The molecule has 2 fully saturated rings. The molecule has 0 amide bonds. The molecule has 2 rings (SSSR count). The smallest absolute Gasteiger partial charge is 0.0462 e. The van der Waals surface area contributed by atoms with E-state index >= 15 is 0 Å². The van der Waals surface area contributed by atoms with E-state index in [-0.39, 0.29) is 0 Å². The zero-order chi connectivity index (χ0) is 12.1. The third kappa shape index (κ3) is 3.67. The quantitative estimate of drug-likeness (QED) is 0.689. The lowest BCUT2D eigenvalue weighted by molar-refractivity contribution is 0.148. The normalized spacial score (nSPS) is 33.2. The molecule has 2 aliphatic rings. The maximum absolute atomic E-state index is 5.06. The average molecular weight is 240 g/mol. The molecule has 0 saturated carbocycles. The minimum absolute atomic E-state index is 0.783. The van der Waals surface area contributed by atoms with Crippen molar-refractivity contribution in [3.05, 3.63) is 0 Å². The van der Waals surface area contributed by atoms with E-state index in [4.69, 9.17) is 4.74 Å². The average Bonchev–Trinajstić information content (AvgIpc) is 2.55. The van der Waals surface area contributed by atoms with Crippen LogP contribution >= 0.6 is 0 Å². The van der Waals surface area contributed by atoms with Crippen molar-refractivity contribution in [3.8, 4) is 0 Å². The van der Waals surface area contributed by atoms with Gasteiger partial charge in [-0.15, -0.1) is 0 Å². The minimum Gasteiger partial charge on any atom is -0.385 e. The molecule has 0 aromatic rings. The molecule has 2 aliphatic heterocycles. The summed E-state index contributed by atoms with van der Waals surface area (Å²) in [5.41, 5.74) is 0. The van der Waals surface area contributed by atoms with Crippen molar-refractivity contribution in [2.75, 3.05) is 27.3 Å². The number of unbranched alkanes of at least 4 members (excludes halogenated alkanes) is 2. The summed E-state index contributed by atoms with van der Waals surface area (Å²) in [5.74, 6) is 0. The highest BCUT2D eigenvalue weighted by molar-refractivity contribution is 4.95. The molecule has 0 aromatic carbocycles. The van der Waals surface area contributed by atoms with Crippen LogP contribution in [0.15, 0.2) is 0 Å². The van der Waals surface area contributed by atoms with Crippen molar-refractivity contribution in [1.29, 1.82) is 0 Å². The van der Waals surface area contributed by atoms with Gasteiger partial charge in [0.15, 0.2) is 0 Å². The fourth-order valence-electron chi connectivity index (χ4n) is 3.43. The van der Waals surface area contributed by atoms with Crippen LogP contribution < -0.4 is 5.32 Å². The Morgan fingerprint density at radius 2 is 1.82 bits per heavy atom. The van der Waals surface area contributed by atoms with E-state index in [1.165, 1.54) is 51.5 Å². The molecule has 2 saturated heterocycles. The summed E-state index contributed by atoms with van der Waals surface area (Å²) < 4.78 is 5.06. The van der Waals surface area contributed by atoms with Crippen molar-refractivity contribution >= 4 is 0 Å². The van der Waals surface area contributed by atoms with E-state index < -0.39 is 0 Å². The topological polar surface area (TPSA) is 24.5 Å². The number of hydrogen-bond acceptors (Lipinski definition) is 3. The fraction of sp³-hybridized carbons (Fsp3) is 1.00. The number of nitrogens with zero attached hydrogens (tertiary/aromatic N) is 1. The zero-order valence-corrected chi connectivity index (χ0v) is 11.5. The van der Waals surface area contributed by atoms with Gasteiger partial charge in [-0.1, -0.05) is 0 Å². The largest absolute Gasteiger partial charge is 0.385 e. The number of rotatable bonds is 7. The standard InChI is InChI=1S/C14H28N2O/c1-16-13-6-7-14(16)11-12(10-13)15-8-4-3-5-9-17-2/h12-15H,3-11H2,1-2H3. The van der Waals surface area contributed by atoms with E-state index in [0.717, 1.165) is 24.7 Å². The van der Waals surface area contributed by atoms with Gasteiger partial charge in [0.1, 0.15) is 0 Å². The van der Waals surface area contributed by atoms with Gasteiger partial charge in [0.25, 0.3) is 0 Å². The van der Waals surface area contributed by atoms with E-state index in [9.17, 15) is 0 Å². The Bertz CT molecular complexity index is 208. The minimum atomic E-state index is 0.783. The lowest BCUT2D eigenvalue weighted by Gasteiger charge is -2.36. The van der Waals surface area contributed by atoms with Gasteiger partial charge in [-0.2, -0.15) is 0 Å². The second kappa shape index (κ2) is 6.72. The van der Waals surface area contributed by atoms with Gasteiger partial charge < -0.3 is 15.0 Å². The SMILES string of the molecule is COCCCCCNC1CC2CCC(C1)N2C. The van der Waals surface area contributed by atoms with Crippen LogP contribution in [-0.4, -0.2) is 50.3 Å². The number of fused-ring (bicyclic) bond motifs is 2. The Balaban J connectivity index is 1.55. The number of piperidine rings is 1. The highest BCUT2D eigenvalue weighted by Crippen LogP contribution is 2.34. The summed E-state index contributed by atoms with van der Waals surface area (Å²) in [6.07, 6.45) is 9.37. The molecule has 2 bridgehead atoms. The molecule has 1 N–H and O–H groups in total. The molecule has 2 heterocycles. The molecule has 0 aliphatic carbocycles. The van der Waals surface area contributed by atoms with Crippen molar-refractivity contribution in [1.82, 2.24) is 10.2 Å². The molecule has 3 nitrogen and oxygen atoms in total. The van der Waals surface area contributed by atoms with Crippen LogP contribution in [0, 0.1) is 0 Å². The lowest BCUT2D eigenvalue weighted by atomic mass is 9.98. The Kier molecular flexibility index (Phi) is 5.26. The van der Waals surface area contributed by atoms with Gasteiger partial charge in [-0.25, -0.2) is 0 Å². The first-order chi connectivity index (χ1) is 8.31. The lowest BCUT2D eigenvalue weighted by Crippen LogP contribution is -2.47. The highest BCUT2D eigenvalue weighted by Gasteiger charge is 2.37. The van der Waals surface area contributed by atoms with Gasteiger partial charge in [0.2, 0.25) is 0 Å². The molecule has 2 atom stereocenters. The third-order valence-electron chi connectivity index (χ3n) is 4.56. The Hall–Kier alpha value is -0.120. The second-order valence-corrected chi connectivity index (χ2v) is 5.73. The predicted molar refractivity (Wildman–Crippen MR) is 71.3 cm³/mol. The number of methoxy groups -OCH3 is 1. The van der Waals surface area contributed by atoms with Crippen molar-refractivity contribution < 1.29 is 4.74 Å². The molecular formula is C14H28N2O. The van der Waals surface area contributed by atoms with Crippen molar-refractivity contribution in [2.45, 2.75) is 63.1 Å². The summed E-state index contributed by atoms with van der Waals surface area (Å²) in [5, 5.41) is 3.75. The molecule has 2 unspecified atom stereocenters. The monoisotopic (exact) mass is 240 g/mol.